The van der Waals surface area contributed by atoms with Gasteiger partial charge in [0, 0.05) is 23.2 Å². The van der Waals surface area contributed by atoms with Crippen LogP contribution in [0.25, 0.3) is 0 Å². The molecule has 6 nitrogen and oxygen atoms in total. The Morgan fingerprint density at radius 1 is 1.35 bits per heavy atom. The highest BCUT2D eigenvalue weighted by Gasteiger charge is 2.16. The first kappa shape index (κ1) is 14.3. The molecule has 1 aromatic heterocycles. The van der Waals surface area contributed by atoms with Crippen LogP contribution in [0, 0.1) is 10.1 Å². The molecule has 0 bridgehead atoms. The maximum Gasteiger partial charge on any atom is 0.311 e. The number of nitrogens with zero attached hydrogens (tertiary/aromatic N) is 2. The molecule has 7 heteroatoms. The number of halogens is 1. The quantitative estimate of drug-likeness (QED) is 0.668. The summed E-state index contributed by atoms with van der Waals surface area (Å²) < 4.78 is 5.91. The summed E-state index contributed by atoms with van der Waals surface area (Å²) in [5.41, 5.74) is 0.893. The van der Waals surface area contributed by atoms with Crippen LogP contribution in [0.15, 0.2) is 40.9 Å². The highest BCUT2D eigenvalue weighted by atomic mass is 79.9. The number of hydrogen-bond donors (Lipinski definition) is 1. The number of aromatic nitrogens is 1. The lowest BCUT2D eigenvalue weighted by atomic mass is 10.2. The third kappa shape index (κ3) is 3.24. The maximum atomic E-state index is 11.0. The highest BCUT2D eigenvalue weighted by Crippen LogP contribution is 2.26. The van der Waals surface area contributed by atoms with Gasteiger partial charge in [-0.25, -0.2) is 0 Å². The lowest BCUT2D eigenvalue weighted by Gasteiger charge is -2.09. The summed E-state index contributed by atoms with van der Waals surface area (Å²) in [7, 11) is 1.46. The third-order valence-corrected chi connectivity index (χ3v) is 3.43. The second-order valence-electron chi connectivity index (χ2n) is 3.92. The van der Waals surface area contributed by atoms with Gasteiger partial charge < -0.3 is 10.1 Å². The minimum atomic E-state index is -0.477. The fraction of sp³-hybridized carbons (Fsp3) is 0.154. The second-order valence-corrected chi connectivity index (χ2v) is 4.78. The normalized spacial score (nSPS) is 10.1. The van der Waals surface area contributed by atoms with E-state index < -0.39 is 4.92 Å². The number of anilines is 1. The van der Waals surface area contributed by atoms with E-state index in [9.17, 15) is 10.1 Å². The van der Waals surface area contributed by atoms with Crippen molar-refractivity contribution in [1.29, 1.82) is 0 Å². The van der Waals surface area contributed by atoms with Crippen LogP contribution in [0.1, 0.15) is 5.56 Å². The van der Waals surface area contributed by atoms with Gasteiger partial charge in [-0.1, -0.05) is 34.1 Å². The average molecular weight is 338 g/mol. The molecule has 0 aliphatic carbocycles. The average Bonchev–Trinajstić information content (AvgIpc) is 2.46. The number of hydrogen-bond acceptors (Lipinski definition) is 5. The zero-order chi connectivity index (χ0) is 14.5. The summed E-state index contributed by atoms with van der Waals surface area (Å²) in [6.45, 7) is 0.419. The van der Waals surface area contributed by atoms with Crippen molar-refractivity contribution in [3.63, 3.8) is 0 Å². The van der Waals surface area contributed by atoms with Gasteiger partial charge in [-0.2, -0.15) is 4.98 Å². The Morgan fingerprint density at radius 2 is 2.10 bits per heavy atom. The fourth-order valence-electron chi connectivity index (χ4n) is 1.65. The SMILES string of the molecule is COc1ccc([N+](=O)[O-])c(NCc2ccccc2Br)n1. The van der Waals surface area contributed by atoms with Crippen molar-refractivity contribution in [2.24, 2.45) is 0 Å². The topological polar surface area (TPSA) is 77.3 Å². The Morgan fingerprint density at radius 3 is 2.75 bits per heavy atom. The molecule has 104 valence electrons. The summed E-state index contributed by atoms with van der Waals surface area (Å²) in [6, 6.07) is 10.5. The van der Waals surface area contributed by atoms with Crippen molar-refractivity contribution >= 4 is 27.4 Å². The van der Waals surface area contributed by atoms with E-state index in [1.54, 1.807) is 0 Å². The maximum absolute atomic E-state index is 11.0. The number of nitrogens with one attached hydrogen (secondary N) is 1. The van der Waals surface area contributed by atoms with Crippen LogP contribution in [0.4, 0.5) is 11.5 Å². The molecule has 1 N–H and O–H groups in total. The molecule has 0 radical (unpaired) electrons. The Bertz CT molecular complexity index is 634. The highest BCUT2D eigenvalue weighted by molar-refractivity contribution is 9.10. The molecule has 0 spiro atoms. The summed E-state index contributed by atoms with van der Waals surface area (Å²) in [5.74, 6) is 0.510. The molecule has 0 unspecified atom stereocenters. The van der Waals surface area contributed by atoms with Crippen LogP contribution < -0.4 is 10.1 Å². The molecular formula is C13H12BrN3O3. The predicted molar refractivity (Wildman–Crippen MR) is 78.9 cm³/mol. The Balaban J connectivity index is 2.24. The van der Waals surface area contributed by atoms with Crippen molar-refractivity contribution < 1.29 is 9.66 Å². The molecule has 1 aromatic carbocycles. The summed E-state index contributed by atoms with van der Waals surface area (Å²) >= 11 is 3.43. The molecule has 0 amide bonds. The van der Waals surface area contributed by atoms with Crippen molar-refractivity contribution in [2.45, 2.75) is 6.54 Å². The van der Waals surface area contributed by atoms with Gasteiger partial charge in [0.2, 0.25) is 11.7 Å². The third-order valence-electron chi connectivity index (χ3n) is 2.66. The van der Waals surface area contributed by atoms with Crippen LogP contribution in [0.5, 0.6) is 5.88 Å². The van der Waals surface area contributed by atoms with E-state index in [-0.39, 0.29) is 11.5 Å². The number of ether oxygens (including phenoxy) is 1. The van der Waals surface area contributed by atoms with Gasteiger partial charge >= 0.3 is 5.69 Å². The smallest absolute Gasteiger partial charge is 0.311 e. The summed E-state index contributed by atoms with van der Waals surface area (Å²) in [5, 5.41) is 13.9. The largest absolute Gasteiger partial charge is 0.481 e. The first-order valence-electron chi connectivity index (χ1n) is 5.78. The molecule has 0 saturated carbocycles. The lowest BCUT2D eigenvalue weighted by Crippen LogP contribution is -2.06. The standard InChI is InChI=1S/C13H12BrN3O3/c1-20-12-7-6-11(17(18)19)13(16-12)15-8-9-4-2-3-5-10(9)14/h2-7H,8H2,1H3,(H,15,16). The molecule has 0 aliphatic rings. The van der Waals surface area contributed by atoms with Crippen molar-refractivity contribution in [2.75, 3.05) is 12.4 Å². The molecule has 2 rings (SSSR count). The van der Waals surface area contributed by atoms with E-state index in [4.69, 9.17) is 4.74 Å². The predicted octanol–water partition coefficient (Wildman–Crippen LogP) is 3.37. The van der Waals surface area contributed by atoms with Gasteiger partial charge in [0.25, 0.3) is 0 Å². The number of nitro groups is 1. The molecule has 20 heavy (non-hydrogen) atoms. The lowest BCUT2D eigenvalue weighted by molar-refractivity contribution is -0.384. The zero-order valence-electron chi connectivity index (χ0n) is 10.7. The van der Waals surface area contributed by atoms with E-state index in [1.807, 2.05) is 24.3 Å². The molecule has 0 atom stereocenters. The molecule has 1 heterocycles. The van der Waals surface area contributed by atoms with Crippen LogP contribution in [-0.4, -0.2) is 17.0 Å². The number of rotatable bonds is 5. The van der Waals surface area contributed by atoms with Crippen LogP contribution in [0.3, 0.4) is 0 Å². The molecule has 2 aromatic rings. The fourth-order valence-corrected chi connectivity index (χ4v) is 2.07. The first-order chi connectivity index (χ1) is 9.61. The van der Waals surface area contributed by atoms with Crippen LogP contribution >= 0.6 is 15.9 Å². The molecule has 0 saturated heterocycles. The van der Waals surface area contributed by atoms with E-state index >= 15 is 0 Å². The van der Waals surface area contributed by atoms with Gasteiger partial charge in [0.15, 0.2) is 0 Å². The van der Waals surface area contributed by atoms with E-state index in [0.717, 1.165) is 10.0 Å². The molecular weight excluding hydrogens is 326 g/mol. The van der Waals surface area contributed by atoms with Gasteiger partial charge in [-0.3, -0.25) is 10.1 Å². The minimum absolute atomic E-state index is 0.0853. The number of methoxy groups -OCH3 is 1. The van der Waals surface area contributed by atoms with E-state index in [1.165, 1.54) is 19.2 Å². The minimum Gasteiger partial charge on any atom is -0.481 e. The van der Waals surface area contributed by atoms with Crippen molar-refractivity contribution in [3.05, 3.63) is 56.5 Å². The van der Waals surface area contributed by atoms with E-state index in [2.05, 4.69) is 26.2 Å². The van der Waals surface area contributed by atoms with Gasteiger partial charge in [0.05, 0.1) is 12.0 Å². The summed E-state index contributed by atoms with van der Waals surface area (Å²) in [6.07, 6.45) is 0. The molecule has 0 aliphatic heterocycles. The Kier molecular flexibility index (Phi) is 4.52. The van der Waals surface area contributed by atoms with Crippen LogP contribution in [0.2, 0.25) is 0 Å². The second kappa shape index (κ2) is 6.33. The number of benzene rings is 1. The van der Waals surface area contributed by atoms with Crippen molar-refractivity contribution in [1.82, 2.24) is 4.98 Å². The van der Waals surface area contributed by atoms with E-state index in [0.29, 0.717) is 12.4 Å². The van der Waals surface area contributed by atoms with Gasteiger partial charge in [0.1, 0.15) is 0 Å². The zero-order valence-corrected chi connectivity index (χ0v) is 12.3. The van der Waals surface area contributed by atoms with Crippen LogP contribution in [-0.2, 0) is 6.54 Å². The Hall–Kier alpha value is -2.15. The summed E-state index contributed by atoms with van der Waals surface area (Å²) in [4.78, 5) is 14.6. The Labute approximate surface area is 124 Å². The van der Waals surface area contributed by atoms with Gasteiger partial charge in [-0.05, 0) is 11.6 Å². The first-order valence-corrected chi connectivity index (χ1v) is 6.58. The monoisotopic (exact) mass is 337 g/mol. The van der Waals surface area contributed by atoms with Crippen molar-refractivity contribution in [3.8, 4) is 5.88 Å². The van der Waals surface area contributed by atoms with Gasteiger partial charge in [-0.15, -0.1) is 0 Å². The number of pyridine rings is 1. The molecule has 0 fully saturated rings.